The largest absolute Gasteiger partial charge is 0.469 e. The van der Waals surface area contributed by atoms with Gasteiger partial charge < -0.3 is 20.8 Å². The maximum absolute atomic E-state index is 12.4. The van der Waals surface area contributed by atoms with Crippen molar-refractivity contribution in [1.82, 2.24) is 4.98 Å². The summed E-state index contributed by atoms with van der Waals surface area (Å²) in [6.45, 7) is 0.699. The summed E-state index contributed by atoms with van der Waals surface area (Å²) in [6.07, 6.45) is 0. The van der Waals surface area contributed by atoms with Gasteiger partial charge in [-0.15, -0.1) is 11.3 Å². The summed E-state index contributed by atoms with van der Waals surface area (Å²) in [4.78, 5) is 34.8. The SMILES string of the molecule is CC(N)(COP(=O)(O)O)C(=O)Nc1ccc(-c2csc(-c3ccc(-c4ccccc4)cc3)n2)cc1. The highest BCUT2D eigenvalue weighted by atomic mass is 32.1. The van der Waals surface area contributed by atoms with Crippen molar-refractivity contribution >= 4 is 30.8 Å². The van der Waals surface area contributed by atoms with Crippen LogP contribution < -0.4 is 11.1 Å². The van der Waals surface area contributed by atoms with E-state index in [2.05, 4.69) is 46.2 Å². The third kappa shape index (κ3) is 6.49. The normalized spacial score (nSPS) is 13.3. The second-order valence-electron chi connectivity index (χ2n) is 8.19. The summed E-state index contributed by atoms with van der Waals surface area (Å²) < 4.78 is 15.2. The minimum atomic E-state index is -4.73. The van der Waals surface area contributed by atoms with Gasteiger partial charge in [-0.2, -0.15) is 0 Å². The molecular formula is C25H24N3O5PS. The van der Waals surface area contributed by atoms with E-state index in [1.54, 1.807) is 23.5 Å². The number of thiazole rings is 1. The monoisotopic (exact) mass is 509 g/mol. The Balaban J connectivity index is 1.42. The maximum Gasteiger partial charge on any atom is 0.469 e. The Bertz CT molecular complexity index is 1350. The second kappa shape index (κ2) is 10.2. The number of amides is 1. The molecule has 3 aromatic carbocycles. The molecule has 0 bridgehead atoms. The van der Waals surface area contributed by atoms with Gasteiger partial charge in [0.15, 0.2) is 0 Å². The molecule has 1 unspecified atom stereocenters. The van der Waals surface area contributed by atoms with Crippen molar-refractivity contribution in [3.8, 4) is 33.0 Å². The lowest BCUT2D eigenvalue weighted by Gasteiger charge is -2.23. The molecule has 0 spiro atoms. The van der Waals surface area contributed by atoms with Crippen molar-refractivity contribution in [3.63, 3.8) is 0 Å². The standard InChI is InChI=1S/C25H24N3O5PS/c1-25(26,16-33-34(30,31)32)24(29)27-21-13-11-19(12-14-21)22-15-35-23(28-22)20-9-7-18(8-10-20)17-5-3-2-4-6-17/h2-15H,16,26H2,1H3,(H,27,29)(H2,30,31,32). The molecule has 0 fully saturated rings. The average Bonchev–Trinajstić information content (AvgIpc) is 3.34. The van der Waals surface area contributed by atoms with Crippen LogP contribution in [0.15, 0.2) is 84.2 Å². The van der Waals surface area contributed by atoms with Gasteiger partial charge in [0.1, 0.15) is 10.5 Å². The van der Waals surface area contributed by atoms with E-state index in [1.807, 2.05) is 35.7 Å². The first-order chi connectivity index (χ1) is 16.6. The third-order valence-corrected chi connectivity index (χ3v) is 6.59. The van der Waals surface area contributed by atoms with Crippen LogP contribution in [0.2, 0.25) is 0 Å². The first kappa shape index (κ1) is 24.9. The van der Waals surface area contributed by atoms with Crippen LogP contribution in [-0.4, -0.2) is 32.8 Å². The van der Waals surface area contributed by atoms with Gasteiger partial charge in [0, 0.05) is 22.2 Å². The summed E-state index contributed by atoms with van der Waals surface area (Å²) in [7, 11) is -4.73. The lowest BCUT2D eigenvalue weighted by Crippen LogP contribution is -2.52. The van der Waals surface area contributed by atoms with Gasteiger partial charge in [-0.1, -0.05) is 66.7 Å². The zero-order chi connectivity index (χ0) is 25.1. The Morgan fingerprint density at radius 3 is 2.17 bits per heavy atom. The molecule has 4 rings (SSSR count). The van der Waals surface area contributed by atoms with Gasteiger partial charge >= 0.3 is 7.82 Å². The number of benzene rings is 3. The molecule has 1 aromatic heterocycles. The van der Waals surface area contributed by atoms with Crippen LogP contribution in [0, 0.1) is 0 Å². The smallest absolute Gasteiger partial charge is 0.324 e. The summed E-state index contributed by atoms with van der Waals surface area (Å²) in [6, 6.07) is 25.5. The fourth-order valence-corrected chi connectivity index (χ4v) is 4.53. The Labute approximate surface area is 206 Å². The number of hydrogen-bond acceptors (Lipinski definition) is 6. The first-order valence-corrected chi connectivity index (χ1v) is 13.0. The van der Waals surface area contributed by atoms with Crippen molar-refractivity contribution in [1.29, 1.82) is 0 Å². The van der Waals surface area contributed by atoms with E-state index in [1.165, 1.54) is 6.92 Å². The minimum Gasteiger partial charge on any atom is -0.324 e. The Kier molecular flexibility index (Phi) is 7.28. The number of aromatic nitrogens is 1. The van der Waals surface area contributed by atoms with Crippen LogP contribution in [-0.2, 0) is 13.9 Å². The maximum atomic E-state index is 12.4. The van der Waals surface area contributed by atoms with Gasteiger partial charge in [-0.25, -0.2) is 9.55 Å². The van der Waals surface area contributed by atoms with E-state index in [0.717, 1.165) is 33.0 Å². The second-order valence-corrected chi connectivity index (χ2v) is 10.3. The number of nitrogens with two attached hydrogens (primary N) is 1. The molecule has 5 N–H and O–H groups in total. The number of nitrogens with one attached hydrogen (secondary N) is 1. The van der Waals surface area contributed by atoms with Gasteiger partial charge in [0.05, 0.1) is 12.3 Å². The van der Waals surface area contributed by atoms with E-state index in [9.17, 15) is 9.36 Å². The van der Waals surface area contributed by atoms with Crippen LogP contribution in [0.25, 0.3) is 33.0 Å². The van der Waals surface area contributed by atoms with E-state index >= 15 is 0 Å². The van der Waals surface area contributed by atoms with Crippen molar-refractivity contribution < 1.29 is 23.7 Å². The number of phosphoric acid groups is 1. The third-order valence-electron chi connectivity index (χ3n) is 5.23. The minimum absolute atomic E-state index is 0.485. The predicted molar refractivity (Wildman–Crippen MR) is 138 cm³/mol. The molecule has 10 heteroatoms. The van der Waals surface area contributed by atoms with E-state index < -0.39 is 25.9 Å². The first-order valence-electron chi connectivity index (χ1n) is 10.6. The molecule has 180 valence electrons. The van der Waals surface area contributed by atoms with Crippen molar-refractivity contribution in [2.24, 2.45) is 5.73 Å². The number of nitrogens with zero attached hydrogens (tertiary/aromatic N) is 1. The predicted octanol–water partition coefficient (Wildman–Crippen LogP) is 4.91. The zero-order valence-electron chi connectivity index (χ0n) is 18.8. The van der Waals surface area contributed by atoms with Crippen LogP contribution >= 0.6 is 19.2 Å². The topological polar surface area (TPSA) is 135 Å². The molecular weight excluding hydrogens is 485 g/mol. The van der Waals surface area contributed by atoms with Gasteiger partial charge in [0.25, 0.3) is 0 Å². The molecule has 0 aliphatic carbocycles. The Morgan fingerprint density at radius 1 is 0.971 bits per heavy atom. The molecule has 35 heavy (non-hydrogen) atoms. The van der Waals surface area contributed by atoms with E-state index in [-0.39, 0.29) is 0 Å². The molecule has 0 radical (unpaired) electrons. The lowest BCUT2D eigenvalue weighted by atomic mass is 10.0. The zero-order valence-corrected chi connectivity index (χ0v) is 20.5. The van der Waals surface area contributed by atoms with Gasteiger partial charge in [-0.3, -0.25) is 9.32 Å². The molecule has 0 saturated carbocycles. The molecule has 4 aromatic rings. The molecule has 1 heterocycles. The number of hydrogen-bond donors (Lipinski definition) is 4. The molecule has 1 amide bonds. The van der Waals surface area contributed by atoms with Crippen molar-refractivity contribution in [2.45, 2.75) is 12.5 Å². The summed E-state index contributed by atoms with van der Waals surface area (Å²) in [5.41, 5.74) is 9.74. The highest BCUT2D eigenvalue weighted by Crippen LogP contribution is 2.36. The number of carbonyl (C=O) groups is 1. The van der Waals surface area contributed by atoms with Crippen molar-refractivity contribution in [2.75, 3.05) is 11.9 Å². The van der Waals surface area contributed by atoms with Gasteiger partial charge in [0.2, 0.25) is 5.91 Å². The Hall–Kier alpha value is -3.17. The number of carbonyl (C=O) groups excluding carboxylic acids is 1. The summed E-state index contributed by atoms with van der Waals surface area (Å²) in [5.74, 6) is -0.631. The van der Waals surface area contributed by atoms with Crippen LogP contribution in [0.4, 0.5) is 5.69 Å². The number of phosphoric ester groups is 1. The summed E-state index contributed by atoms with van der Waals surface area (Å²) in [5, 5.41) is 5.51. The molecule has 8 nitrogen and oxygen atoms in total. The van der Waals surface area contributed by atoms with Crippen molar-refractivity contribution in [3.05, 3.63) is 84.2 Å². The highest BCUT2D eigenvalue weighted by molar-refractivity contribution is 7.46. The summed E-state index contributed by atoms with van der Waals surface area (Å²) >= 11 is 1.55. The Morgan fingerprint density at radius 2 is 1.54 bits per heavy atom. The van der Waals surface area contributed by atoms with E-state index in [0.29, 0.717) is 5.69 Å². The quantitative estimate of drug-likeness (QED) is 0.248. The number of rotatable bonds is 8. The van der Waals surface area contributed by atoms with E-state index in [4.69, 9.17) is 20.5 Å². The fraction of sp³-hybridized carbons (Fsp3) is 0.120. The molecule has 0 aliphatic heterocycles. The molecule has 1 atom stereocenters. The van der Waals surface area contributed by atoms with Crippen LogP contribution in [0.5, 0.6) is 0 Å². The molecule has 0 saturated heterocycles. The van der Waals surface area contributed by atoms with Crippen LogP contribution in [0.1, 0.15) is 6.92 Å². The van der Waals surface area contributed by atoms with Crippen LogP contribution in [0.3, 0.4) is 0 Å². The number of anilines is 1. The highest BCUT2D eigenvalue weighted by Gasteiger charge is 2.32. The van der Waals surface area contributed by atoms with Gasteiger partial charge in [-0.05, 0) is 30.2 Å². The lowest BCUT2D eigenvalue weighted by molar-refractivity contribution is -0.121. The molecule has 0 aliphatic rings. The fourth-order valence-electron chi connectivity index (χ4n) is 3.26. The average molecular weight is 510 g/mol.